The molecule has 27 heavy (non-hydrogen) atoms. The van der Waals surface area contributed by atoms with Gasteiger partial charge in [0.2, 0.25) is 0 Å². The first kappa shape index (κ1) is 16.3. The third-order valence-corrected chi connectivity index (χ3v) is 6.30. The van der Waals surface area contributed by atoms with Crippen LogP contribution in [0.15, 0.2) is 67.0 Å². The van der Waals surface area contributed by atoms with Crippen LogP contribution in [0.2, 0.25) is 0 Å². The van der Waals surface area contributed by atoms with Gasteiger partial charge in [0, 0.05) is 38.1 Å². The van der Waals surface area contributed by atoms with Crippen molar-refractivity contribution in [2.45, 2.75) is 20.8 Å². The van der Waals surface area contributed by atoms with Gasteiger partial charge in [0.25, 0.3) is 0 Å². The zero-order valence-electron chi connectivity index (χ0n) is 15.7. The molecule has 0 saturated carbocycles. The number of thiophene rings is 1. The van der Waals surface area contributed by atoms with Crippen LogP contribution in [0.25, 0.3) is 37.2 Å². The lowest BCUT2D eigenvalue weighted by atomic mass is 10.0. The summed E-state index contributed by atoms with van der Waals surface area (Å²) in [5.74, 6) is 0.988. The van der Waals surface area contributed by atoms with Crippen molar-refractivity contribution < 1.29 is 0 Å². The molecule has 2 aromatic heterocycles. The second kappa shape index (κ2) is 6.07. The van der Waals surface area contributed by atoms with Crippen LogP contribution in [0.5, 0.6) is 0 Å². The molecule has 0 bridgehead atoms. The average Bonchev–Trinajstić information content (AvgIpc) is 3.25. The van der Waals surface area contributed by atoms with E-state index in [4.69, 9.17) is 4.98 Å². The van der Waals surface area contributed by atoms with Gasteiger partial charge in [-0.2, -0.15) is 0 Å². The highest BCUT2D eigenvalue weighted by molar-refractivity contribution is 7.25. The molecule has 3 aromatic carbocycles. The zero-order valence-corrected chi connectivity index (χ0v) is 16.5. The van der Waals surface area contributed by atoms with Crippen LogP contribution in [0.4, 0.5) is 0 Å². The predicted octanol–water partition coefficient (Wildman–Crippen LogP) is 6.83. The normalized spacial score (nSPS) is 11.5. The van der Waals surface area contributed by atoms with Crippen LogP contribution in [0.1, 0.15) is 16.7 Å². The van der Waals surface area contributed by atoms with Crippen molar-refractivity contribution in [2.24, 2.45) is 0 Å². The van der Waals surface area contributed by atoms with Crippen LogP contribution in [-0.4, -0.2) is 9.55 Å². The molecule has 0 atom stereocenters. The summed E-state index contributed by atoms with van der Waals surface area (Å²) in [7, 11) is 0. The predicted molar refractivity (Wildman–Crippen MR) is 116 cm³/mol. The van der Waals surface area contributed by atoms with Crippen LogP contribution in [0.3, 0.4) is 0 Å². The van der Waals surface area contributed by atoms with Crippen LogP contribution >= 0.6 is 11.3 Å². The first-order valence-corrected chi connectivity index (χ1v) is 9.97. The van der Waals surface area contributed by atoms with E-state index in [1.165, 1.54) is 42.6 Å². The molecule has 0 aliphatic rings. The molecule has 2 heterocycles. The van der Waals surface area contributed by atoms with Crippen molar-refractivity contribution in [3.63, 3.8) is 0 Å². The molecule has 5 rings (SSSR count). The van der Waals surface area contributed by atoms with Gasteiger partial charge in [0.15, 0.2) is 0 Å². The lowest BCUT2D eigenvalue weighted by molar-refractivity contribution is 1.03. The highest BCUT2D eigenvalue weighted by atomic mass is 32.1. The third-order valence-electron chi connectivity index (χ3n) is 5.15. The summed E-state index contributed by atoms with van der Waals surface area (Å²) < 4.78 is 4.87. The number of fused-ring (bicyclic) bond motifs is 3. The Morgan fingerprint density at radius 3 is 2.37 bits per heavy atom. The highest BCUT2D eigenvalue weighted by Gasteiger charge is 2.14. The molecule has 132 valence electrons. The van der Waals surface area contributed by atoms with Gasteiger partial charge in [-0.25, -0.2) is 4.98 Å². The third kappa shape index (κ3) is 2.58. The van der Waals surface area contributed by atoms with E-state index in [1.54, 1.807) is 0 Å². The minimum Gasteiger partial charge on any atom is -0.299 e. The fraction of sp³-hybridized carbons (Fsp3) is 0.125. The van der Waals surface area contributed by atoms with E-state index in [-0.39, 0.29) is 0 Å². The largest absolute Gasteiger partial charge is 0.299 e. The van der Waals surface area contributed by atoms with Crippen molar-refractivity contribution in [3.8, 4) is 17.1 Å². The Hall–Kier alpha value is -2.91. The van der Waals surface area contributed by atoms with E-state index in [1.807, 2.05) is 17.5 Å². The summed E-state index contributed by atoms with van der Waals surface area (Å²) in [6.45, 7) is 6.50. The minimum atomic E-state index is 0.988. The van der Waals surface area contributed by atoms with Gasteiger partial charge in [-0.3, -0.25) is 4.57 Å². The SMILES string of the molecule is Cc1cc(C)c(-n2ccnc2-c2ccc3sc4ccccc4c3c2)c(C)c1. The summed E-state index contributed by atoms with van der Waals surface area (Å²) in [6, 6.07) is 19.8. The Labute approximate surface area is 162 Å². The first-order chi connectivity index (χ1) is 13.1. The first-order valence-electron chi connectivity index (χ1n) is 9.15. The van der Waals surface area contributed by atoms with Gasteiger partial charge >= 0.3 is 0 Å². The molecule has 0 aliphatic carbocycles. The van der Waals surface area contributed by atoms with E-state index < -0.39 is 0 Å². The maximum Gasteiger partial charge on any atom is 0.144 e. The fourth-order valence-electron chi connectivity index (χ4n) is 4.12. The second-order valence-corrected chi connectivity index (χ2v) is 8.26. The van der Waals surface area contributed by atoms with E-state index >= 15 is 0 Å². The van der Waals surface area contributed by atoms with Crippen molar-refractivity contribution in [2.75, 3.05) is 0 Å². The number of hydrogen-bond acceptors (Lipinski definition) is 2. The van der Waals surface area contributed by atoms with Gasteiger partial charge in [0.1, 0.15) is 5.82 Å². The molecule has 5 aromatic rings. The topological polar surface area (TPSA) is 17.8 Å². The Bertz CT molecular complexity index is 1280. The number of rotatable bonds is 2. The van der Waals surface area contributed by atoms with E-state index in [2.05, 4.69) is 86.1 Å². The van der Waals surface area contributed by atoms with Gasteiger partial charge in [-0.1, -0.05) is 35.9 Å². The van der Waals surface area contributed by atoms with Crippen molar-refractivity contribution in [1.29, 1.82) is 0 Å². The van der Waals surface area contributed by atoms with Gasteiger partial charge in [0.05, 0.1) is 5.69 Å². The molecule has 0 amide bonds. The summed E-state index contributed by atoms with van der Waals surface area (Å²) in [5, 5.41) is 2.63. The average molecular weight is 369 g/mol. The number of hydrogen-bond donors (Lipinski definition) is 0. The molecule has 0 saturated heterocycles. The fourth-order valence-corrected chi connectivity index (χ4v) is 5.20. The Balaban J connectivity index is 1.73. The van der Waals surface area contributed by atoms with Crippen LogP contribution in [-0.2, 0) is 0 Å². The van der Waals surface area contributed by atoms with Crippen molar-refractivity contribution in [3.05, 3.63) is 83.7 Å². The molecule has 0 spiro atoms. The summed E-state index contributed by atoms with van der Waals surface area (Å²) in [4.78, 5) is 4.71. The Kier molecular flexibility index (Phi) is 3.66. The smallest absolute Gasteiger partial charge is 0.144 e. The lowest BCUT2D eigenvalue weighted by Crippen LogP contribution is -2.02. The monoisotopic (exact) mass is 368 g/mol. The molecule has 3 heteroatoms. The van der Waals surface area contributed by atoms with E-state index in [0.29, 0.717) is 0 Å². The number of imidazole rings is 1. The van der Waals surface area contributed by atoms with Gasteiger partial charge in [-0.15, -0.1) is 11.3 Å². The molecular formula is C24H20N2S. The van der Waals surface area contributed by atoms with Crippen molar-refractivity contribution in [1.82, 2.24) is 9.55 Å². The van der Waals surface area contributed by atoms with Crippen LogP contribution in [0, 0.1) is 20.8 Å². The van der Waals surface area contributed by atoms with Gasteiger partial charge < -0.3 is 0 Å². The second-order valence-electron chi connectivity index (χ2n) is 7.18. The molecule has 0 fully saturated rings. The molecule has 0 aliphatic heterocycles. The van der Waals surface area contributed by atoms with E-state index in [0.717, 1.165) is 11.4 Å². The minimum absolute atomic E-state index is 0.988. The lowest BCUT2D eigenvalue weighted by Gasteiger charge is -2.15. The maximum absolute atomic E-state index is 4.71. The van der Waals surface area contributed by atoms with E-state index in [9.17, 15) is 0 Å². The summed E-state index contributed by atoms with van der Waals surface area (Å²) >= 11 is 1.85. The molecule has 2 nitrogen and oxygen atoms in total. The molecular weight excluding hydrogens is 348 g/mol. The highest BCUT2D eigenvalue weighted by Crippen LogP contribution is 2.36. The zero-order chi connectivity index (χ0) is 18.5. The Morgan fingerprint density at radius 1 is 0.815 bits per heavy atom. The number of aromatic nitrogens is 2. The number of benzene rings is 3. The van der Waals surface area contributed by atoms with Gasteiger partial charge in [-0.05, 0) is 56.2 Å². The number of aryl methyl sites for hydroxylation is 3. The molecule has 0 unspecified atom stereocenters. The Morgan fingerprint density at radius 2 is 1.56 bits per heavy atom. The summed E-state index contributed by atoms with van der Waals surface area (Å²) in [5.41, 5.74) is 6.21. The maximum atomic E-state index is 4.71. The molecule has 0 N–H and O–H groups in total. The standard InChI is InChI=1S/C24H20N2S/c1-15-12-16(2)23(17(3)13-15)26-11-10-25-24(26)18-8-9-22-20(14-18)19-6-4-5-7-21(19)27-22/h4-14H,1-3H3. The number of nitrogens with zero attached hydrogens (tertiary/aromatic N) is 2. The van der Waals surface area contributed by atoms with Crippen LogP contribution < -0.4 is 0 Å². The quantitative estimate of drug-likeness (QED) is 0.334. The summed E-state index contributed by atoms with van der Waals surface area (Å²) in [6.07, 6.45) is 3.96. The molecule has 0 radical (unpaired) electrons. The van der Waals surface area contributed by atoms with Crippen molar-refractivity contribution >= 4 is 31.5 Å².